The zero-order valence-electron chi connectivity index (χ0n) is 15.8. The summed E-state index contributed by atoms with van der Waals surface area (Å²) in [4.78, 5) is 0. The van der Waals surface area contributed by atoms with Crippen molar-refractivity contribution in [1.82, 2.24) is 0 Å². The third kappa shape index (κ3) is 2.76. The summed E-state index contributed by atoms with van der Waals surface area (Å²) in [6.07, 6.45) is 6.24. The summed E-state index contributed by atoms with van der Waals surface area (Å²) >= 11 is 0. The first-order valence-corrected chi connectivity index (χ1v) is 9.70. The molecule has 0 aliphatic heterocycles. The van der Waals surface area contributed by atoms with Gasteiger partial charge in [0.15, 0.2) is 0 Å². The molecule has 1 atom stereocenters. The molecule has 0 saturated carbocycles. The minimum absolute atomic E-state index is 0.192. The highest BCUT2D eigenvalue weighted by molar-refractivity contribution is 6.13. The lowest BCUT2D eigenvalue weighted by Crippen LogP contribution is -2.07. The van der Waals surface area contributed by atoms with Crippen molar-refractivity contribution in [1.29, 1.82) is 5.41 Å². The molecule has 1 unspecified atom stereocenters. The Labute approximate surface area is 165 Å². The zero-order valence-corrected chi connectivity index (χ0v) is 15.8. The molecule has 0 aromatic heterocycles. The normalized spacial score (nSPS) is 16.5. The molecule has 0 fully saturated rings. The first-order valence-electron chi connectivity index (χ1n) is 9.70. The lowest BCUT2D eigenvalue weighted by molar-refractivity contribution is 0.987. The minimum atomic E-state index is 0.192. The van der Waals surface area contributed by atoms with Crippen LogP contribution in [0.25, 0.3) is 38.2 Å². The maximum atomic E-state index is 8.16. The second-order valence-corrected chi connectivity index (χ2v) is 7.48. The molecule has 4 aromatic rings. The van der Waals surface area contributed by atoms with Gasteiger partial charge in [-0.05, 0) is 62.0 Å². The Hall–Kier alpha value is -3.45. The van der Waals surface area contributed by atoms with E-state index in [1.54, 1.807) is 0 Å². The smallest absolute Gasteiger partial charge is 0.0386 e. The van der Waals surface area contributed by atoms with Crippen molar-refractivity contribution in [2.45, 2.75) is 6.92 Å². The fourth-order valence-corrected chi connectivity index (χ4v) is 4.05. The Kier molecular flexibility index (Phi) is 3.95. The topological polar surface area (TPSA) is 23.9 Å². The van der Waals surface area contributed by atoms with Crippen molar-refractivity contribution in [3.63, 3.8) is 0 Å². The van der Waals surface area contributed by atoms with Crippen LogP contribution in [0.15, 0.2) is 97.1 Å². The van der Waals surface area contributed by atoms with Crippen LogP contribution in [0, 0.1) is 11.3 Å². The number of fused-ring (bicyclic) bond motifs is 2. The molecule has 134 valence electrons. The summed E-state index contributed by atoms with van der Waals surface area (Å²) in [6.45, 7) is 2.06. The van der Waals surface area contributed by atoms with Crippen LogP contribution in [0.5, 0.6) is 0 Å². The van der Waals surface area contributed by atoms with Crippen LogP contribution in [0.3, 0.4) is 0 Å². The van der Waals surface area contributed by atoms with Gasteiger partial charge in [0.2, 0.25) is 0 Å². The molecule has 1 nitrogen and oxygen atoms in total. The van der Waals surface area contributed by atoms with Crippen molar-refractivity contribution in [2.75, 3.05) is 0 Å². The van der Waals surface area contributed by atoms with Gasteiger partial charge in [-0.2, -0.15) is 0 Å². The fourth-order valence-electron chi connectivity index (χ4n) is 4.05. The van der Waals surface area contributed by atoms with E-state index >= 15 is 0 Å². The standard InChI is InChI=1S/C27H21N/c1-18-11-12-21(17-26(18)28)20-13-14-25-23(15-20)16-22-9-5-6-10-24(22)27(25)19-7-3-2-4-8-19/h2-18,28H,1H3. The van der Waals surface area contributed by atoms with E-state index in [1.165, 1.54) is 32.7 Å². The van der Waals surface area contributed by atoms with Gasteiger partial charge in [-0.1, -0.05) is 85.8 Å². The van der Waals surface area contributed by atoms with Crippen molar-refractivity contribution < 1.29 is 0 Å². The van der Waals surface area contributed by atoms with E-state index < -0.39 is 0 Å². The van der Waals surface area contributed by atoms with Gasteiger partial charge in [0.25, 0.3) is 0 Å². The quantitative estimate of drug-likeness (QED) is 0.364. The van der Waals surface area contributed by atoms with E-state index in [4.69, 9.17) is 5.41 Å². The monoisotopic (exact) mass is 359 g/mol. The Morgan fingerprint density at radius 1 is 0.714 bits per heavy atom. The van der Waals surface area contributed by atoms with Gasteiger partial charge in [-0.3, -0.25) is 0 Å². The number of hydrogen-bond donors (Lipinski definition) is 1. The number of nitrogens with one attached hydrogen (secondary N) is 1. The van der Waals surface area contributed by atoms with Gasteiger partial charge in [0.1, 0.15) is 0 Å². The molecule has 1 N–H and O–H groups in total. The molecule has 5 rings (SSSR count). The fraction of sp³-hybridized carbons (Fsp3) is 0.0741. The number of rotatable bonds is 2. The van der Waals surface area contributed by atoms with Crippen molar-refractivity contribution in [3.8, 4) is 11.1 Å². The summed E-state index contributed by atoms with van der Waals surface area (Å²) in [5.74, 6) is 0.192. The molecule has 28 heavy (non-hydrogen) atoms. The summed E-state index contributed by atoms with van der Waals surface area (Å²) in [7, 11) is 0. The second kappa shape index (κ2) is 6.61. The average Bonchev–Trinajstić information content (AvgIpc) is 2.74. The lowest BCUT2D eigenvalue weighted by atomic mass is 9.88. The molecule has 1 aliphatic rings. The van der Waals surface area contributed by atoms with Gasteiger partial charge in [-0.25, -0.2) is 0 Å². The predicted molar refractivity (Wildman–Crippen MR) is 121 cm³/mol. The van der Waals surface area contributed by atoms with Crippen LogP contribution in [0.1, 0.15) is 12.5 Å². The van der Waals surface area contributed by atoms with Crippen molar-refractivity contribution >= 4 is 32.8 Å². The number of benzene rings is 4. The van der Waals surface area contributed by atoms with Gasteiger partial charge in [0, 0.05) is 11.6 Å². The second-order valence-electron chi connectivity index (χ2n) is 7.48. The van der Waals surface area contributed by atoms with E-state index in [0.29, 0.717) is 5.71 Å². The van der Waals surface area contributed by atoms with Crippen LogP contribution >= 0.6 is 0 Å². The third-order valence-electron chi connectivity index (χ3n) is 5.62. The molecule has 0 spiro atoms. The van der Waals surface area contributed by atoms with Gasteiger partial charge in [-0.15, -0.1) is 0 Å². The van der Waals surface area contributed by atoms with Gasteiger partial charge < -0.3 is 5.41 Å². The van der Waals surface area contributed by atoms with Crippen molar-refractivity contribution in [2.24, 2.45) is 5.92 Å². The first kappa shape index (κ1) is 16.7. The van der Waals surface area contributed by atoms with E-state index in [2.05, 4.69) is 97.9 Å². The third-order valence-corrected chi connectivity index (χ3v) is 5.62. The first-order chi connectivity index (χ1) is 13.7. The van der Waals surface area contributed by atoms with Gasteiger partial charge >= 0.3 is 0 Å². The molecular weight excluding hydrogens is 338 g/mol. The maximum Gasteiger partial charge on any atom is 0.0386 e. The van der Waals surface area contributed by atoms with Crippen LogP contribution in [0.4, 0.5) is 0 Å². The van der Waals surface area contributed by atoms with Crippen molar-refractivity contribution in [3.05, 3.63) is 103 Å². The molecule has 0 amide bonds. The van der Waals surface area contributed by atoms with E-state index in [-0.39, 0.29) is 5.92 Å². The SMILES string of the molecule is CC1C=CC(c2ccc3c(-c4ccccc4)c4ccccc4cc3c2)=CC1=N. The molecule has 0 saturated heterocycles. The molecule has 1 aliphatic carbocycles. The highest BCUT2D eigenvalue weighted by Gasteiger charge is 2.13. The van der Waals surface area contributed by atoms with Crippen LogP contribution in [-0.2, 0) is 0 Å². The molecular formula is C27H21N. The van der Waals surface area contributed by atoms with Gasteiger partial charge in [0.05, 0.1) is 0 Å². The molecule has 0 heterocycles. The van der Waals surface area contributed by atoms with E-state index in [9.17, 15) is 0 Å². The van der Waals surface area contributed by atoms with E-state index in [1.807, 2.05) is 6.08 Å². The Bertz CT molecular complexity index is 1280. The highest BCUT2D eigenvalue weighted by Crippen LogP contribution is 2.37. The minimum Gasteiger partial charge on any atom is -0.305 e. The molecule has 1 heteroatoms. The number of hydrogen-bond acceptors (Lipinski definition) is 1. The molecule has 4 aromatic carbocycles. The Balaban J connectivity index is 1.78. The zero-order chi connectivity index (χ0) is 19.1. The summed E-state index contributed by atoms with van der Waals surface area (Å²) in [5, 5.41) is 13.2. The maximum absolute atomic E-state index is 8.16. The van der Waals surface area contributed by atoms with E-state index in [0.717, 1.165) is 11.1 Å². The summed E-state index contributed by atoms with van der Waals surface area (Å²) in [5.41, 5.74) is 5.47. The van der Waals surface area contributed by atoms with Crippen LogP contribution < -0.4 is 0 Å². The highest BCUT2D eigenvalue weighted by atomic mass is 14.4. The summed E-state index contributed by atoms with van der Waals surface area (Å²) < 4.78 is 0. The lowest BCUT2D eigenvalue weighted by Gasteiger charge is -2.16. The predicted octanol–water partition coefficient (Wildman–Crippen LogP) is 7.27. The Morgan fingerprint density at radius 2 is 1.46 bits per heavy atom. The number of allylic oxidation sites excluding steroid dienone is 4. The average molecular weight is 359 g/mol. The summed E-state index contributed by atoms with van der Waals surface area (Å²) in [6, 6.07) is 28.2. The molecule has 0 bridgehead atoms. The van der Waals surface area contributed by atoms with Crippen LogP contribution in [0.2, 0.25) is 0 Å². The largest absolute Gasteiger partial charge is 0.305 e. The Morgan fingerprint density at radius 3 is 2.29 bits per heavy atom. The van der Waals surface area contributed by atoms with Crippen LogP contribution in [-0.4, -0.2) is 5.71 Å². The molecule has 0 radical (unpaired) electrons.